The van der Waals surface area contributed by atoms with E-state index >= 15 is 0 Å². The zero-order valence-corrected chi connectivity index (χ0v) is 30.5. The average molecular weight is 645 g/mol. The van der Waals surface area contributed by atoms with Crippen molar-refractivity contribution in [1.82, 2.24) is 9.80 Å². The molecule has 2 aromatic carbocycles. The molecule has 0 amide bonds. The molecule has 0 saturated carbocycles. The van der Waals surface area contributed by atoms with Gasteiger partial charge in [0, 0.05) is 43.1 Å². The molecule has 2 aliphatic rings. The first-order chi connectivity index (χ1) is 21.7. The van der Waals surface area contributed by atoms with Gasteiger partial charge < -0.3 is 19.1 Å². The van der Waals surface area contributed by atoms with Crippen molar-refractivity contribution in [3.8, 4) is 17.2 Å². The summed E-state index contributed by atoms with van der Waals surface area (Å²) in [5, 5.41) is 0. The van der Waals surface area contributed by atoms with Gasteiger partial charge in [-0.3, -0.25) is 4.90 Å². The highest BCUT2D eigenvalue weighted by atomic mass is 19.3. The van der Waals surface area contributed by atoms with E-state index in [1.54, 1.807) is 28.3 Å². The number of hydrogen-bond acceptors (Lipinski definition) is 5. The van der Waals surface area contributed by atoms with E-state index in [0.29, 0.717) is 30.2 Å². The van der Waals surface area contributed by atoms with Crippen LogP contribution in [0.25, 0.3) is 0 Å². The van der Waals surface area contributed by atoms with E-state index in [-0.39, 0.29) is 6.42 Å². The van der Waals surface area contributed by atoms with Crippen molar-refractivity contribution in [1.29, 1.82) is 0 Å². The summed E-state index contributed by atoms with van der Waals surface area (Å²) in [6.45, 7) is 20.5. The van der Waals surface area contributed by atoms with E-state index in [9.17, 15) is 8.78 Å². The Balaban J connectivity index is 0.000000250. The Bertz CT molecular complexity index is 1230. The van der Waals surface area contributed by atoms with Gasteiger partial charge in [-0.05, 0) is 92.2 Å². The Morgan fingerprint density at radius 2 is 1.41 bits per heavy atom. The van der Waals surface area contributed by atoms with E-state index < -0.39 is 11.8 Å². The van der Waals surface area contributed by atoms with Gasteiger partial charge in [0.15, 0.2) is 0 Å². The van der Waals surface area contributed by atoms with Gasteiger partial charge in [-0.1, -0.05) is 66.7 Å². The van der Waals surface area contributed by atoms with Crippen molar-refractivity contribution in [3.05, 3.63) is 52.6 Å². The van der Waals surface area contributed by atoms with Crippen molar-refractivity contribution >= 4 is 0 Å². The van der Waals surface area contributed by atoms with Gasteiger partial charge >= 0.3 is 0 Å². The summed E-state index contributed by atoms with van der Waals surface area (Å²) in [6.07, 6.45) is 5.29. The fraction of sp³-hybridized carbons (Fsp3) is 0.692. The smallest absolute Gasteiger partial charge is 0.251 e. The quantitative estimate of drug-likeness (QED) is 0.257. The van der Waals surface area contributed by atoms with Crippen LogP contribution in [-0.2, 0) is 13.0 Å². The van der Waals surface area contributed by atoms with E-state index in [0.717, 1.165) is 43.3 Å². The molecule has 0 N–H and O–H groups in total. The van der Waals surface area contributed by atoms with Gasteiger partial charge in [0.25, 0.3) is 5.92 Å². The first-order valence-corrected chi connectivity index (χ1v) is 17.4. The zero-order chi connectivity index (χ0) is 34.1. The Hall–Kier alpha value is -2.38. The minimum Gasteiger partial charge on any atom is -0.496 e. The highest BCUT2D eigenvalue weighted by Crippen LogP contribution is 2.39. The molecule has 1 atom stereocenters. The fourth-order valence-corrected chi connectivity index (χ4v) is 6.99. The number of hydrogen-bond donors (Lipinski definition) is 0. The van der Waals surface area contributed by atoms with Gasteiger partial charge in [-0.2, -0.15) is 0 Å². The van der Waals surface area contributed by atoms with Crippen LogP contribution < -0.4 is 14.2 Å². The second-order valence-corrected chi connectivity index (χ2v) is 14.8. The van der Waals surface area contributed by atoms with E-state index in [1.807, 2.05) is 12.1 Å². The van der Waals surface area contributed by atoms with Gasteiger partial charge in [0.2, 0.25) is 0 Å². The molecule has 0 aromatic heterocycles. The first kappa shape index (κ1) is 38.1. The van der Waals surface area contributed by atoms with Crippen LogP contribution in [-0.4, -0.2) is 69.8 Å². The number of likely N-dealkylation sites (tertiary alicyclic amines) is 2. The minimum absolute atomic E-state index is 0.0245. The van der Waals surface area contributed by atoms with E-state index in [4.69, 9.17) is 14.2 Å². The molecular formula is C39H62F2N2O3. The molecule has 4 rings (SSSR count). The molecule has 2 fully saturated rings. The number of halogens is 2. The average Bonchev–Trinajstić information content (AvgIpc) is 3.27. The molecule has 5 nitrogen and oxygen atoms in total. The van der Waals surface area contributed by atoms with Crippen molar-refractivity contribution < 1.29 is 23.0 Å². The third kappa shape index (κ3) is 10.3. The van der Waals surface area contributed by atoms with Gasteiger partial charge in [-0.25, -0.2) is 8.78 Å². The molecule has 2 heterocycles. The summed E-state index contributed by atoms with van der Waals surface area (Å²) in [7, 11) is 5.20. The Morgan fingerprint density at radius 3 is 2.04 bits per heavy atom. The molecule has 0 radical (unpaired) electrons. The predicted octanol–water partition coefficient (Wildman–Crippen LogP) is 9.57. The van der Waals surface area contributed by atoms with Gasteiger partial charge in [0.05, 0.1) is 21.3 Å². The number of benzene rings is 2. The van der Waals surface area contributed by atoms with Crippen LogP contribution in [0.3, 0.4) is 0 Å². The highest BCUT2D eigenvalue weighted by molar-refractivity contribution is 5.52. The van der Waals surface area contributed by atoms with Crippen LogP contribution >= 0.6 is 0 Å². The van der Waals surface area contributed by atoms with Crippen molar-refractivity contribution in [2.24, 2.45) is 11.3 Å². The normalized spacial score (nSPS) is 20.4. The van der Waals surface area contributed by atoms with Crippen molar-refractivity contribution in [2.75, 3.05) is 54.1 Å². The minimum atomic E-state index is -2.52. The van der Waals surface area contributed by atoms with Crippen LogP contribution in [0.5, 0.6) is 17.2 Å². The molecule has 0 bridgehead atoms. The summed E-state index contributed by atoms with van der Waals surface area (Å²) >= 11 is 0. The van der Waals surface area contributed by atoms with Crippen LogP contribution in [0, 0.1) is 11.3 Å². The second kappa shape index (κ2) is 17.1. The lowest BCUT2D eigenvalue weighted by Crippen LogP contribution is -2.29. The highest BCUT2D eigenvalue weighted by Gasteiger charge is 2.38. The molecular weight excluding hydrogens is 582 g/mol. The number of ether oxygens (including phenoxy) is 3. The summed E-state index contributed by atoms with van der Waals surface area (Å²) < 4.78 is 44.5. The number of nitrogens with zero attached hydrogens (tertiary/aromatic N) is 2. The maximum atomic E-state index is 13.8. The maximum Gasteiger partial charge on any atom is 0.251 e. The van der Waals surface area contributed by atoms with Crippen molar-refractivity contribution in [2.45, 2.75) is 111 Å². The number of rotatable bonds is 10. The zero-order valence-electron chi connectivity index (χ0n) is 30.5. The summed E-state index contributed by atoms with van der Waals surface area (Å²) in [6, 6.07) is 10.4. The SMILES string of the molecule is COc1ccc(CN2CCCC(C)(C)CC2)c(OC)c1C(C)C.COc1cccc(CCN2CCC(C)C(F)(F)CC2)c1C(C)C. The van der Waals surface area contributed by atoms with Gasteiger partial charge in [-0.15, -0.1) is 0 Å². The topological polar surface area (TPSA) is 34.2 Å². The fourth-order valence-electron chi connectivity index (χ4n) is 6.99. The molecule has 2 aliphatic heterocycles. The Kier molecular flexibility index (Phi) is 14.2. The standard InChI is InChI=1S/C20H33NO2.C19H29F2NO/c1-15(2)18-17(22-5)9-8-16(19(18)23-6)14-21-12-7-10-20(3,4)11-13-21;1-14(2)18-16(6-5-7-17(18)23-4)9-12-22-11-8-15(3)19(20,21)10-13-22/h8-9,15H,7,10-14H2,1-6H3;5-7,14-15H,8-13H2,1-4H3. The molecule has 0 aliphatic carbocycles. The second-order valence-electron chi connectivity index (χ2n) is 14.8. The monoisotopic (exact) mass is 644 g/mol. The molecule has 2 saturated heterocycles. The summed E-state index contributed by atoms with van der Waals surface area (Å²) in [5.41, 5.74) is 5.44. The van der Waals surface area contributed by atoms with Crippen LogP contribution in [0.2, 0.25) is 0 Å². The number of alkyl halides is 2. The summed E-state index contributed by atoms with van der Waals surface area (Å²) in [4.78, 5) is 4.75. The molecule has 2 aromatic rings. The van der Waals surface area contributed by atoms with Crippen LogP contribution in [0.4, 0.5) is 8.78 Å². The van der Waals surface area contributed by atoms with Crippen LogP contribution in [0.15, 0.2) is 30.3 Å². The Morgan fingerprint density at radius 1 is 0.761 bits per heavy atom. The van der Waals surface area contributed by atoms with Gasteiger partial charge in [0.1, 0.15) is 17.2 Å². The molecule has 46 heavy (non-hydrogen) atoms. The lowest BCUT2D eigenvalue weighted by atomic mass is 9.85. The van der Waals surface area contributed by atoms with Crippen molar-refractivity contribution in [3.63, 3.8) is 0 Å². The lowest BCUT2D eigenvalue weighted by molar-refractivity contribution is -0.0545. The van der Waals surface area contributed by atoms with Crippen LogP contribution in [0.1, 0.15) is 115 Å². The third-order valence-corrected chi connectivity index (χ3v) is 10.1. The van der Waals surface area contributed by atoms with E-state index in [1.165, 1.54) is 54.6 Å². The molecule has 0 spiro atoms. The number of methoxy groups -OCH3 is 3. The Labute approximate surface area is 279 Å². The summed E-state index contributed by atoms with van der Waals surface area (Å²) in [5.74, 6) is 0.579. The first-order valence-electron chi connectivity index (χ1n) is 17.4. The molecule has 7 heteroatoms. The largest absolute Gasteiger partial charge is 0.496 e. The molecule has 260 valence electrons. The van der Waals surface area contributed by atoms with E-state index in [2.05, 4.69) is 69.5 Å². The lowest BCUT2D eigenvalue weighted by Gasteiger charge is -2.25. The molecule has 1 unspecified atom stereocenters. The predicted molar refractivity (Wildman–Crippen MR) is 187 cm³/mol. The maximum absolute atomic E-state index is 13.8. The third-order valence-electron chi connectivity index (χ3n) is 10.1.